The Morgan fingerprint density at radius 1 is 1.29 bits per heavy atom. The summed E-state index contributed by atoms with van der Waals surface area (Å²) < 4.78 is -1.22. The van der Waals surface area contributed by atoms with Crippen molar-refractivity contribution in [3.8, 4) is 0 Å². The van der Waals surface area contributed by atoms with Gasteiger partial charge in [0.05, 0.1) is 0 Å². The summed E-state index contributed by atoms with van der Waals surface area (Å²) in [6.07, 6.45) is 1.23. The minimum Gasteiger partial charge on any atom is -0.0964 e. The van der Waals surface area contributed by atoms with Crippen LogP contribution in [0, 0.1) is 0 Å². The summed E-state index contributed by atoms with van der Waals surface area (Å²) in [4.78, 5) is 0. The van der Waals surface area contributed by atoms with Crippen molar-refractivity contribution in [1.29, 1.82) is 0 Å². The maximum atomic E-state index is 3.51. The highest BCUT2D eigenvalue weighted by Gasteiger charge is 2.19. The third kappa shape index (κ3) is 7.66. The Bertz CT molecular complexity index is 48.6. The zero-order valence-corrected chi connectivity index (χ0v) is 9.81. The summed E-state index contributed by atoms with van der Waals surface area (Å²) in [6.45, 7) is 2.17. The summed E-state index contributed by atoms with van der Waals surface area (Å²) in [5.41, 5.74) is 0. The third-order valence-corrected chi connectivity index (χ3v) is 5.17. The van der Waals surface area contributed by atoms with Crippen molar-refractivity contribution < 1.29 is 0 Å². The van der Waals surface area contributed by atoms with E-state index in [4.69, 9.17) is 0 Å². The lowest BCUT2D eigenvalue weighted by molar-refractivity contribution is 1.08. The second-order valence-corrected chi connectivity index (χ2v) is 24.9. The number of halogens is 3. The van der Waals surface area contributed by atoms with E-state index in [1.165, 1.54) is 12.5 Å². The van der Waals surface area contributed by atoms with Crippen molar-refractivity contribution in [3.05, 3.63) is 0 Å². The minimum atomic E-state index is -1.22. The Labute approximate surface area is 68.8 Å². The van der Waals surface area contributed by atoms with E-state index in [-0.39, 0.29) is 0 Å². The molecule has 0 saturated heterocycles. The van der Waals surface area contributed by atoms with Crippen molar-refractivity contribution in [2.45, 2.75) is 19.4 Å². The van der Waals surface area contributed by atoms with E-state index in [0.29, 0.717) is 0 Å². The van der Waals surface area contributed by atoms with Crippen LogP contribution in [0.15, 0.2) is 0 Å². The monoisotopic (exact) mass is 308 g/mol. The molecule has 4 heteroatoms. The molecule has 7 heavy (non-hydrogen) atoms. The smallest absolute Gasteiger partial charge is 0.0964 e. The van der Waals surface area contributed by atoms with Gasteiger partial charge in [-0.05, 0) is 6.04 Å². The zero-order chi connectivity index (χ0) is 5.91. The van der Waals surface area contributed by atoms with Crippen LogP contribution >= 0.6 is 45.9 Å². The van der Waals surface area contributed by atoms with Crippen LogP contribution in [0.3, 0.4) is 0 Å². The molecule has 0 bridgehead atoms. The van der Waals surface area contributed by atoms with Crippen LogP contribution < -0.4 is 0 Å². The van der Waals surface area contributed by atoms with E-state index in [1.807, 2.05) is 0 Å². The summed E-state index contributed by atoms with van der Waals surface area (Å²) in [6, 6.07) is 1.23. The zero-order valence-electron chi connectivity index (χ0n) is 4.05. The van der Waals surface area contributed by atoms with E-state index in [1.54, 1.807) is 0 Å². The van der Waals surface area contributed by atoms with Gasteiger partial charge < -0.3 is 0 Å². The molecule has 0 aromatic rings. The molecule has 0 amide bonds. The van der Waals surface area contributed by atoms with E-state index < -0.39 is 3.93 Å². The third-order valence-electron chi connectivity index (χ3n) is 0.533. The Balaban J connectivity index is 3.15. The van der Waals surface area contributed by atoms with Gasteiger partial charge >= 0.3 is 0 Å². The molecule has 0 saturated carbocycles. The predicted octanol–water partition coefficient (Wildman–Crippen LogP) is 3.52. The van der Waals surface area contributed by atoms with Crippen LogP contribution in [0.2, 0.25) is 6.04 Å². The lowest BCUT2D eigenvalue weighted by Crippen LogP contribution is -2.03. The molecule has 0 aromatic heterocycles. The van der Waals surface area contributed by atoms with E-state index in [9.17, 15) is 0 Å². The first kappa shape index (κ1) is 8.66. The highest BCUT2D eigenvalue weighted by Crippen LogP contribution is 2.32. The first-order chi connectivity index (χ1) is 3.06. The quantitative estimate of drug-likeness (QED) is 0.541. The summed E-state index contributed by atoms with van der Waals surface area (Å²) >= 11 is 10.5. The fraction of sp³-hybridized carbons (Fsp3) is 1.00. The molecule has 0 aliphatic heterocycles. The fourth-order valence-corrected chi connectivity index (χ4v) is 4.42. The normalized spacial score (nSPS) is 12.0. The molecule has 0 unspecified atom stereocenters. The second-order valence-electron chi connectivity index (χ2n) is 1.37. The van der Waals surface area contributed by atoms with Gasteiger partial charge in [-0.2, -0.15) is 0 Å². The maximum Gasteiger partial charge on any atom is 0.267 e. The van der Waals surface area contributed by atoms with Gasteiger partial charge in [-0.25, -0.2) is 0 Å². The molecule has 0 spiro atoms. The average Bonchev–Trinajstić information content (AvgIpc) is 1.30. The topological polar surface area (TPSA) is 0 Å². The summed E-state index contributed by atoms with van der Waals surface area (Å²) in [7, 11) is 0. The first-order valence-electron chi connectivity index (χ1n) is 2.13. The van der Waals surface area contributed by atoms with Gasteiger partial charge in [0.1, 0.15) is 0 Å². The first-order valence-corrected chi connectivity index (χ1v) is 11.1. The van der Waals surface area contributed by atoms with Gasteiger partial charge in [0, 0.05) is 0 Å². The fourth-order valence-electron chi connectivity index (χ4n) is 0.283. The maximum absolute atomic E-state index is 3.51. The van der Waals surface area contributed by atoms with Gasteiger partial charge in [0.2, 0.25) is 0 Å². The largest absolute Gasteiger partial charge is 0.267 e. The minimum absolute atomic E-state index is 1.22. The molecule has 44 valence electrons. The summed E-state index contributed by atoms with van der Waals surface area (Å²) in [5, 5.41) is 0. The van der Waals surface area contributed by atoms with Gasteiger partial charge in [-0.15, -0.1) is 0 Å². The van der Waals surface area contributed by atoms with Crippen LogP contribution in [0.4, 0.5) is 0 Å². The van der Waals surface area contributed by atoms with Gasteiger partial charge in [0.25, 0.3) is 3.93 Å². The Hall–Kier alpha value is 1.66. The second kappa shape index (κ2) is 3.64. The molecule has 0 aliphatic rings. The molecule has 0 heterocycles. The van der Waals surface area contributed by atoms with Crippen LogP contribution in [0.25, 0.3) is 0 Å². The number of hydrogen-bond acceptors (Lipinski definition) is 0. The SMILES string of the molecule is CCC[Si](Br)(Br)Br. The van der Waals surface area contributed by atoms with Crippen molar-refractivity contribution in [3.63, 3.8) is 0 Å². The predicted molar refractivity (Wildman–Crippen MR) is 47.6 cm³/mol. The highest BCUT2D eigenvalue weighted by molar-refractivity contribution is 9.72. The Morgan fingerprint density at radius 3 is 1.71 bits per heavy atom. The standard InChI is InChI=1S/C3H7Br3Si/c1-2-3-7(4,5)6/h2-3H2,1H3. The molecule has 0 fully saturated rings. The molecule has 0 aliphatic carbocycles. The average molecular weight is 311 g/mol. The Kier molecular flexibility index (Phi) is 4.50. The van der Waals surface area contributed by atoms with Crippen LogP contribution in [-0.4, -0.2) is 3.93 Å². The van der Waals surface area contributed by atoms with Gasteiger partial charge in [-0.1, -0.05) is 59.2 Å². The Morgan fingerprint density at radius 2 is 1.71 bits per heavy atom. The van der Waals surface area contributed by atoms with E-state index >= 15 is 0 Å². The lowest BCUT2D eigenvalue weighted by atomic mass is 10.6. The molecule has 0 N–H and O–H groups in total. The molecule has 0 atom stereocenters. The number of rotatable bonds is 2. The summed E-state index contributed by atoms with van der Waals surface area (Å²) in [5.74, 6) is 0. The van der Waals surface area contributed by atoms with Crippen LogP contribution in [0.5, 0.6) is 0 Å². The van der Waals surface area contributed by atoms with Crippen molar-refractivity contribution in [2.24, 2.45) is 0 Å². The molecule has 0 nitrogen and oxygen atoms in total. The van der Waals surface area contributed by atoms with Gasteiger partial charge in [0.15, 0.2) is 0 Å². The van der Waals surface area contributed by atoms with Crippen LogP contribution in [0.1, 0.15) is 13.3 Å². The highest BCUT2D eigenvalue weighted by atomic mass is 80.0. The van der Waals surface area contributed by atoms with Crippen LogP contribution in [-0.2, 0) is 0 Å². The van der Waals surface area contributed by atoms with Crippen molar-refractivity contribution in [2.75, 3.05) is 0 Å². The van der Waals surface area contributed by atoms with E-state index in [0.717, 1.165) is 0 Å². The molecular weight excluding hydrogens is 304 g/mol. The van der Waals surface area contributed by atoms with Crippen molar-refractivity contribution in [1.82, 2.24) is 0 Å². The molecular formula is C3H7Br3Si. The van der Waals surface area contributed by atoms with Gasteiger partial charge in [-0.3, -0.25) is 0 Å². The van der Waals surface area contributed by atoms with E-state index in [2.05, 4.69) is 52.8 Å². The number of hydrogen-bond donors (Lipinski definition) is 0. The lowest BCUT2D eigenvalue weighted by Gasteiger charge is -2.03. The molecule has 0 rings (SSSR count). The molecule has 0 aromatic carbocycles. The molecule has 0 radical (unpaired) electrons. The van der Waals surface area contributed by atoms with Crippen molar-refractivity contribution >= 4 is 49.8 Å².